The van der Waals surface area contributed by atoms with Gasteiger partial charge in [-0.1, -0.05) is 13.8 Å². The molecule has 2 aliphatic rings. The maximum absolute atomic E-state index is 6.03. The smallest absolute Gasteiger partial charge is 0.168 e. The molecule has 0 amide bonds. The van der Waals surface area contributed by atoms with Crippen LogP contribution in [0.4, 0.5) is 0 Å². The second-order valence-electron chi connectivity index (χ2n) is 5.16. The number of hydrogen-bond acceptors (Lipinski definition) is 2. The van der Waals surface area contributed by atoms with E-state index >= 15 is 0 Å². The Kier molecular flexibility index (Phi) is 2.16. The van der Waals surface area contributed by atoms with Crippen LogP contribution >= 0.6 is 0 Å². The fourth-order valence-corrected chi connectivity index (χ4v) is 2.13. The summed E-state index contributed by atoms with van der Waals surface area (Å²) in [7, 11) is 0. The summed E-state index contributed by atoms with van der Waals surface area (Å²) in [6.07, 6.45) is 5.01. The molecule has 0 bridgehead atoms. The molecule has 2 rings (SSSR count). The number of rotatable bonds is 0. The first-order valence-electron chi connectivity index (χ1n) is 5.36. The van der Waals surface area contributed by atoms with Crippen LogP contribution in [-0.2, 0) is 9.47 Å². The SMILES string of the molecule is C[C@H]1OC2(CCCC2)OCC1(C)C. The Labute approximate surface area is 80.6 Å². The molecule has 2 nitrogen and oxygen atoms in total. The Bertz CT molecular complexity index is 192. The third-order valence-electron chi connectivity index (χ3n) is 3.56. The van der Waals surface area contributed by atoms with Gasteiger partial charge in [-0.15, -0.1) is 0 Å². The van der Waals surface area contributed by atoms with Crippen molar-refractivity contribution < 1.29 is 9.47 Å². The fourth-order valence-electron chi connectivity index (χ4n) is 2.13. The lowest BCUT2D eigenvalue weighted by Crippen LogP contribution is -2.50. The van der Waals surface area contributed by atoms with Gasteiger partial charge >= 0.3 is 0 Å². The Morgan fingerprint density at radius 2 is 1.77 bits per heavy atom. The van der Waals surface area contributed by atoms with E-state index in [1.165, 1.54) is 12.8 Å². The van der Waals surface area contributed by atoms with Gasteiger partial charge in [-0.3, -0.25) is 0 Å². The van der Waals surface area contributed by atoms with Gasteiger partial charge in [0.05, 0.1) is 12.7 Å². The molecule has 1 saturated carbocycles. The summed E-state index contributed by atoms with van der Waals surface area (Å²) in [5.41, 5.74) is 0.174. The Morgan fingerprint density at radius 1 is 1.15 bits per heavy atom. The quantitative estimate of drug-likeness (QED) is 0.576. The van der Waals surface area contributed by atoms with Gasteiger partial charge < -0.3 is 9.47 Å². The van der Waals surface area contributed by atoms with Crippen molar-refractivity contribution in [2.45, 2.75) is 58.3 Å². The summed E-state index contributed by atoms with van der Waals surface area (Å²) >= 11 is 0. The van der Waals surface area contributed by atoms with Crippen molar-refractivity contribution in [1.29, 1.82) is 0 Å². The molecule has 2 heteroatoms. The van der Waals surface area contributed by atoms with E-state index in [-0.39, 0.29) is 11.2 Å². The van der Waals surface area contributed by atoms with Crippen LogP contribution in [0.25, 0.3) is 0 Å². The van der Waals surface area contributed by atoms with Crippen LogP contribution in [-0.4, -0.2) is 18.5 Å². The van der Waals surface area contributed by atoms with Gasteiger partial charge in [0.2, 0.25) is 0 Å². The normalized spacial score (nSPS) is 36.7. The molecule has 13 heavy (non-hydrogen) atoms. The molecule has 0 N–H and O–H groups in total. The molecule has 1 saturated heterocycles. The predicted molar refractivity (Wildman–Crippen MR) is 51.5 cm³/mol. The van der Waals surface area contributed by atoms with E-state index in [9.17, 15) is 0 Å². The lowest BCUT2D eigenvalue weighted by molar-refractivity contribution is -0.321. The molecule has 0 radical (unpaired) electrons. The number of ether oxygens (including phenoxy) is 2. The van der Waals surface area contributed by atoms with E-state index in [1.807, 2.05) is 0 Å². The molecule has 1 heterocycles. The zero-order valence-electron chi connectivity index (χ0n) is 8.93. The van der Waals surface area contributed by atoms with Gasteiger partial charge in [-0.05, 0) is 19.8 Å². The van der Waals surface area contributed by atoms with E-state index in [2.05, 4.69) is 20.8 Å². The Balaban J connectivity index is 2.06. The molecule has 0 aromatic rings. The summed E-state index contributed by atoms with van der Waals surface area (Å²) in [6, 6.07) is 0. The molecule has 0 unspecified atom stereocenters. The first-order chi connectivity index (χ1) is 6.04. The third kappa shape index (κ3) is 1.62. The average molecular weight is 184 g/mol. The van der Waals surface area contributed by atoms with Crippen LogP contribution in [0.15, 0.2) is 0 Å². The highest BCUT2D eigenvalue weighted by Crippen LogP contribution is 2.43. The Morgan fingerprint density at radius 3 is 2.31 bits per heavy atom. The van der Waals surface area contributed by atoms with Crippen LogP contribution in [0, 0.1) is 5.41 Å². The summed E-state index contributed by atoms with van der Waals surface area (Å²) < 4.78 is 11.9. The molecule has 1 aliphatic carbocycles. The van der Waals surface area contributed by atoms with E-state index in [0.717, 1.165) is 19.4 Å². The van der Waals surface area contributed by atoms with Crippen molar-refractivity contribution in [3.63, 3.8) is 0 Å². The topological polar surface area (TPSA) is 18.5 Å². The van der Waals surface area contributed by atoms with Crippen molar-refractivity contribution in [3.05, 3.63) is 0 Å². The van der Waals surface area contributed by atoms with Crippen molar-refractivity contribution in [1.82, 2.24) is 0 Å². The van der Waals surface area contributed by atoms with Gasteiger partial charge in [0.25, 0.3) is 0 Å². The van der Waals surface area contributed by atoms with Crippen molar-refractivity contribution in [2.24, 2.45) is 5.41 Å². The van der Waals surface area contributed by atoms with Crippen LogP contribution in [0.1, 0.15) is 46.5 Å². The van der Waals surface area contributed by atoms with Crippen LogP contribution in [0.5, 0.6) is 0 Å². The molecule has 2 fully saturated rings. The van der Waals surface area contributed by atoms with Crippen molar-refractivity contribution in [2.75, 3.05) is 6.61 Å². The lowest BCUT2D eigenvalue weighted by Gasteiger charge is -2.46. The highest BCUT2D eigenvalue weighted by atomic mass is 16.7. The van der Waals surface area contributed by atoms with E-state index in [4.69, 9.17) is 9.47 Å². The molecule has 1 spiro atoms. The van der Waals surface area contributed by atoms with Gasteiger partial charge in [0, 0.05) is 18.3 Å². The molecule has 1 aliphatic heterocycles. The Hall–Kier alpha value is -0.0800. The monoisotopic (exact) mass is 184 g/mol. The predicted octanol–water partition coefficient (Wildman–Crippen LogP) is 2.72. The van der Waals surface area contributed by atoms with E-state index in [1.54, 1.807) is 0 Å². The zero-order valence-corrected chi connectivity index (χ0v) is 8.93. The zero-order chi connectivity index (χ0) is 9.53. The average Bonchev–Trinajstić information content (AvgIpc) is 2.48. The van der Waals surface area contributed by atoms with Gasteiger partial charge in [0.15, 0.2) is 5.79 Å². The lowest BCUT2D eigenvalue weighted by atomic mass is 9.87. The maximum Gasteiger partial charge on any atom is 0.168 e. The molecule has 1 atom stereocenters. The largest absolute Gasteiger partial charge is 0.349 e. The van der Waals surface area contributed by atoms with Crippen LogP contribution < -0.4 is 0 Å². The summed E-state index contributed by atoms with van der Waals surface area (Å²) in [4.78, 5) is 0. The maximum atomic E-state index is 6.03. The van der Waals surface area contributed by atoms with Gasteiger partial charge in [-0.2, -0.15) is 0 Å². The molecular formula is C11H20O2. The fraction of sp³-hybridized carbons (Fsp3) is 1.00. The highest BCUT2D eigenvalue weighted by Gasteiger charge is 2.46. The van der Waals surface area contributed by atoms with E-state index < -0.39 is 0 Å². The van der Waals surface area contributed by atoms with Crippen LogP contribution in [0.3, 0.4) is 0 Å². The van der Waals surface area contributed by atoms with Crippen LogP contribution in [0.2, 0.25) is 0 Å². The summed E-state index contributed by atoms with van der Waals surface area (Å²) in [6.45, 7) is 7.43. The molecule has 0 aromatic carbocycles. The van der Waals surface area contributed by atoms with Crippen molar-refractivity contribution >= 4 is 0 Å². The second kappa shape index (κ2) is 2.96. The summed E-state index contributed by atoms with van der Waals surface area (Å²) in [5.74, 6) is -0.199. The molecule has 0 aromatic heterocycles. The minimum atomic E-state index is -0.199. The standard InChI is InChI=1S/C11H20O2/c1-9-10(2,3)8-12-11(13-9)6-4-5-7-11/h9H,4-8H2,1-3H3/t9-/m1/s1. The first kappa shape index (κ1) is 9.47. The minimum Gasteiger partial charge on any atom is -0.349 e. The van der Waals surface area contributed by atoms with Gasteiger partial charge in [-0.25, -0.2) is 0 Å². The second-order valence-corrected chi connectivity index (χ2v) is 5.16. The molecular weight excluding hydrogens is 164 g/mol. The minimum absolute atomic E-state index is 0.174. The highest BCUT2D eigenvalue weighted by molar-refractivity contribution is 4.88. The van der Waals surface area contributed by atoms with Gasteiger partial charge in [0.1, 0.15) is 0 Å². The first-order valence-corrected chi connectivity index (χ1v) is 5.36. The van der Waals surface area contributed by atoms with E-state index in [0.29, 0.717) is 6.10 Å². The molecule has 76 valence electrons. The summed E-state index contributed by atoms with van der Waals surface area (Å²) in [5, 5.41) is 0. The third-order valence-corrected chi connectivity index (χ3v) is 3.56. The number of hydrogen-bond donors (Lipinski definition) is 0. The van der Waals surface area contributed by atoms with Crippen molar-refractivity contribution in [3.8, 4) is 0 Å².